The molecule has 0 radical (unpaired) electrons. The van der Waals surface area contributed by atoms with Gasteiger partial charge in [-0.25, -0.2) is 0 Å². The van der Waals surface area contributed by atoms with Gasteiger partial charge < -0.3 is 5.32 Å². The summed E-state index contributed by atoms with van der Waals surface area (Å²) in [7, 11) is 0. The molecular formula is C12H13ClN2O3. The van der Waals surface area contributed by atoms with Gasteiger partial charge in [-0.2, -0.15) is 0 Å². The highest BCUT2D eigenvalue weighted by atomic mass is 35.5. The molecule has 96 valence electrons. The molecule has 0 atom stereocenters. The smallest absolute Gasteiger partial charge is 0.269 e. The van der Waals surface area contributed by atoms with Crippen molar-refractivity contribution >= 4 is 23.2 Å². The number of amides is 1. The summed E-state index contributed by atoms with van der Waals surface area (Å²) in [4.78, 5) is 21.8. The highest BCUT2D eigenvalue weighted by Gasteiger charge is 2.12. The van der Waals surface area contributed by atoms with Crippen LogP contribution >= 0.6 is 11.6 Å². The maximum atomic E-state index is 11.8. The van der Waals surface area contributed by atoms with Crippen LogP contribution in [0.3, 0.4) is 0 Å². The van der Waals surface area contributed by atoms with E-state index in [1.54, 1.807) is 19.1 Å². The molecule has 1 N–H and O–H groups in total. The molecular weight excluding hydrogens is 256 g/mol. The van der Waals surface area contributed by atoms with Crippen LogP contribution in [0.4, 0.5) is 5.69 Å². The summed E-state index contributed by atoms with van der Waals surface area (Å²) in [5.41, 5.74) is 0.981. The molecule has 18 heavy (non-hydrogen) atoms. The largest absolute Gasteiger partial charge is 0.349 e. The lowest BCUT2D eigenvalue weighted by molar-refractivity contribution is -0.384. The maximum Gasteiger partial charge on any atom is 0.269 e. The van der Waals surface area contributed by atoms with Crippen LogP contribution in [0.5, 0.6) is 0 Å². The van der Waals surface area contributed by atoms with Crippen molar-refractivity contribution in [3.63, 3.8) is 0 Å². The van der Waals surface area contributed by atoms with Crippen LogP contribution in [0.25, 0.3) is 0 Å². The second-order valence-electron chi connectivity index (χ2n) is 3.59. The van der Waals surface area contributed by atoms with Gasteiger partial charge in [0.2, 0.25) is 0 Å². The first-order valence-corrected chi connectivity index (χ1v) is 5.84. The third kappa shape index (κ3) is 3.85. The van der Waals surface area contributed by atoms with Crippen molar-refractivity contribution in [2.75, 3.05) is 12.4 Å². The first kappa shape index (κ1) is 14.2. The zero-order chi connectivity index (χ0) is 13.5. The van der Waals surface area contributed by atoms with Gasteiger partial charge in [0, 0.05) is 30.1 Å². The Morgan fingerprint density at radius 3 is 2.78 bits per heavy atom. The Morgan fingerprint density at radius 2 is 2.22 bits per heavy atom. The number of carbonyl (C=O) groups is 1. The topological polar surface area (TPSA) is 72.2 Å². The van der Waals surface area contributed by atoms with Gasteiger partial charge in [-0.1, -0.05) is 12.2 Å². The van der Waals surface area contributed by atoms with Crippen LogP contribution in [-0.2, 0) is 0 Å². The lowest BCUT2D eigenvalue weighted by Crippen LogP contribution is -2.24. The quantitative estimate of drug-likeness (QED) is 0.386. The Labute approximate surface area is 110 Å². The average Bonchev–Trinajstić information content (AvgIpc) is 2.34. The third-order valence-electron chi connectivity index (χ3n) is 2.30. The molecule has 1 aromatic rings. The van der Waals surface area contributed by atoms with Crippen LogP contribution < -0.4 is 5.32 Å². The summed E-state index contributed by atoms with van der Waals surface area (Å²) in [5.74, 6) is 0.133. The molecule has 0 aliphatic rings. The van der Waals surface area contributed by atoms with Gasteiger partial charge in [0.15, 0.2) is 0 Å². The van der Waals surface area contributed by atoms with E-state index in [0.717, 1.165) is 0 Å². The second-order valence-corrected chi connectivity index (χ2v) is 3.90. The average molecular weight is 269 g/mol. The molecule has 1 rings (SSSR count). The molecule has 0 aliphatic heterocycles. The minimum Gasteiger partial charge on any atom is -0.349 e. The number of nitrogens with one attached hydrogen (secondary N) is 1. The van der Waals surface area contributed by atoms with Crippen molar-refractivity contribution in [1.29, 1.82) is 0 Å². The summed E-state index contributed by atoms with van der Waals surface area (Å²) in [6, 6.07) is 4.15. The fourth-order valence-corrected chi connectivity index (χ4v) is 1.54. The fraction of sp³-hybridized carbons (Fsp3) is 0.250. The van der Waals surface area contributed by atoms with E-state index < -0.39 is 4.92 Å². The van der Waals surface area contributed by atoms with Crippen LogP contribution in [-0.4, -0.2) is 23.3 Å². The number of halogens is 1. The Bertz CT molecular complexity index is 486. The summed E-state index contributed by atoms with van der Waals surface area (Å²) < 4.78 is 0. The van der Waals surface area contributed by atoms with E-state index in [-0.39, 0.29) is 11.6 Å². The number of nitrogens with zero attached hydrogens (tertiary/aromatic N) is 1. The molecule has 6 heteroatoms. The normalized spacial score (nSPS) is 10.6. The lowest BCUT2D eigenvalue weighted by atomic mass is 10.1. The highest BCUT2D eigenvalue weighted by molar-refractivity contribution is 6.18. The minimum atomic E-state index is -0.488. The number of non-ortho nitro benzene ring substituents is 1. The summed E-state index contributed by atoms with van der Waals surface area (Å²) in [6.07, 6.45) is 3.47. The number of alkyl halides is 1. The fourth-order valence-electron chi connectivity index (χ4n) is 1.41. The van der Waals surface area contributed by atoms with Crippen LogP contribution in [0.15, 0.2) is 30.4 Å². The predicted molar refractivity (Wildman–Crippen MR) is 70.0 cm³/mol. The molecule has 1 amide bonds. The van der Waals surface area contributed by atoms with Gasteiger partial charge in [-0.05, 0) is 18.6 Å². The number of aryl methyl sites for hydroxylation is 1. The van der Waals surface area contributed by atoms with Gasteiger partial charge in [-0.3, -0.25) is 14.9 Å². The van der Waals surface area contributed by atoms with Gasteiger partial charge in [0.25, 0.3) is 11.6 Å². The van der Waals surface area contributed by atoms with E-state index in [1.807, 2.05) is 0 Å². The molecule has 0 bridgehead atoms. The SMILES string of the molecule is Cc1cc([N+](=O)[O-])ccc1C(=O)NC/C=C/CCl. The van der Waals surface area contributed by atoms with Gasteiger partial charge in [0.05, 0.1) is 4.92 Å². The Morgan fingerprint density at radius 1 is 1.50 bits per heavy atom. The van der Waals surface area contributed by atoms with Crippen molar-refractivity contribution in [3.8, 4) is 0 Å². The molecule has 0 spiro atoms. The lowest BCUT2D eigenvalue weighted by Gasteiger charge is -2.05. The number of hydrogen-bond donors (Lipinski definition) is 1. The van der Waals surface area contributed by atoms with Crippen molar-refractivity contribution in [1.82, 2.24) is 5.32 Å². The Kier molecular flexibility index (Phi) is 5.32. The standard InChI is InChI=1S/C12H13ClN2O3/c1-9-8-10(15(17)18)4-5-11(9)12(16)14-7-3-2-6-13/h2-5,8H,6-7H2,1H3,(H,14,16)/b3-2+. The van der Waals surface area contributed by atoms with Crippen LogP contribution in [0, 0.1) is 17.0 Å². The summed E-state index contributed by atoms with van der Waals surface area (Å²) in [5, 5.41) is 13.2. The zero-order valence-corrected chi connectivity index (χ0v) is 10.6. The molecule has 0 saturated heterocycles. The second kappa shape index (κ2) is 6.76. The number of carbonyl (C=O) groups excluding carboxylic acids is 1. The molecule has 0 aromatic heterocycles. The van der Waals surface area contributed by atoms with E-state index in [9.17, 15) is 14.9 Å². The number of hydrogen-bond acceptors (Lipinski definition) is 3. The monoisotopic (exact) mass is 268 g/mol. The Balaban J connectivity index is 2.74. The Hall–Kier alpha value is -1.88. The predicted octanol–water partition coefficient (Wildman–Crippen LogP) is 2.43. The van der Waals surface area contributed by atoms with E-state index in [4.69, 9.17) is 11.6 Å². The van der Waals surface area contributed by atoms with E-state index in [2.05, 4.69) is 5.32 Å². The maximum absolute atomic E-state index is 11.8. The van der Waals surface area contributed by atoms with Crippen molar-refractivity contribution in [2.45, 2.75) is 6.92 Å². The van der Waals surface area contributed by atoms with Crippen molar-refractivity contribution in [3.05, 3.63) is 51.6 Å². The zero-order valence-electron chi connectivity index (χ0n) is 9.85. The number of benzene rings is 1. The molecule has 0 unspecified atom stereocenters. The molecule has 0 heterocycles. The molecule has 0 aliphatic carbocycles. The molecule has 1 aromatic carbocycles. The molecule has 0 saturated carbocycles. The van der Waals surface area contributed by atoms with E-state index >= 15 is 0 Å². The minimum absolute atomic E-state index is 0.0221. The molecule has 5 nitrogen and oxygen atoms in total. The van der Waals surface area contributed by atoms with Gasteiger partial charge >= 0.3 is 0 Å². The van der Waals surface area contributed by atoms with E-state index in [0.29, 0.717) is 23.6 Å². The molecule has 0 fully saturated rings. The van der Waals surface area contributed by atoms with Crippen LogP contribution in [0.1, 0.15) is 15.9 Å². The number of allylic oxidation sites excluding steroid dienone is 1. The third-order valence-corrected chi connectivity index (χ3v) is 2.48. The van der Waals surface area contributed by atoms with Crippen molar-refractivity contribution < 1.29 is 9.72 Å². The number of rotatable bonds is 5. The van der Waals surface area contributed by atoms with Crippen molar-refractivity contribution in [2.24, 2.45) is 0 Å². The number of nitro benzene ring substituents is 1. The summed E-state index contributed by atoms with van der Waals surface area (Å²) in [6.45, 7) is 2.04. The van der Waals surface area contributed by atoms with Gasteiger partial charge in [-0.15, -0.1) is 11.6 Å². The summed E-state index contributed by atoms with van der Waals surface area (Å²) >= 11 is 5.44. The van der Waals surface area contributed by atoms with E-state index in [1.165, 1.54) is 18.2 Å². The highest BCUT2D eigenvalue weighted by Crippen LogP contribution is 2.16. The first-order valence-electron chi connectivity index (χ1n) is 5.30. The number of nitro groups is 1. The van der Waals surface area contributed by atoms with Crippen LogP contribution in [0.2, 0.25) is 0 Å². The first-order chi connectivity index (χ1) is 8.56. The van der Waals surface area contributed by atoms with Gasteiger partial charge in [0.1, 0.15) is 0 Å².